The third-order valence-corrected chi connectivity index (χ3v) is 4.90. The van der Waals surface area contributed by atoms with E-state index in [0.29, 0.717) is 0 Å². The first-order chi connectivity index (χ1) is 9.15. The van der Waals surface area contributed by atoms with Gasteiger partial charge in [-0.1, -0.05) is 18.2 Å². The van der Waals surface area contributed by atoms with Crippen molar-refractivity contribution in [1.29, 1.82) is 0 Å². The third kappa shape index (κ3) is 2.45. The zero-order chi connectivity index (χ0) is 13.4. The highest BCUT2D eigenvalue weighted by molar-refractivity contribution is 9.10. The predicted octanol–water partition coefficient (Wildman–Crippen LogP) is 3.64. The van der Waals surface area contributed by atoms with Crippen molar-refractivity contribution >= 4 is 38.2 Å². The quantitative estimate of drug-likeness (QED) is 0.794. The first-order valence-electron chi connectivity index (χ1n) is 6.05. The van der Waals surface area contributed by atoms with E-state index in [2.05, 4.69) is 44.6 Å². The van der Waals surface area contributed by atoms with Crippen molar-refractivity contribution in [3.05, 3.63) is 50.8 Å². The van der Waals surface area contributed by atoms with Crippen LogP contribution in [0.5, 0.6) is 0 Å². The Labute approximate surface area is 124 Å². The van der Waals surface area contributed by atoms with Gasteiger partial charge in [0.1, 0.15) is 0 Å². The van der Waals surface area contributed by atoms with Gasteiger partial charge in [0.2, 0.25) is 0 Å². The van der Waals surface area contributed by atoms with Gasteiger partial charge in [0, 0.05) is 33.6 Å². The van der Waals surface area contributed by atoms with Crippen molar-refractivity contribution in [1.82, 2.24) is 9.78 Å². The summed E-state index contributed by atoms with van der Waals surface area (Å²) in [5.74, 6) is 0. The largest absolute Gasteiger partial charge is 0.322 e. The molecule has 0 bridgehead atoms. The molecule has 0 aliphatic carbocycles. The number of halogens is 1. The highest BCUT2D eigenvalue weighted by atomic mass is 79.9. The molecule has 1 aromatic carbocycles. The molecule has 0 saturated carbocycles. The molecule has 0 amide bonds. The molecule has 0 aliphatic heterocycles. The Morgan fingerprint density at radius 2 is 2.21 bits per heavy atom. The number of hydrogen-bond acceptors (Lipinski definition) is 3. The topological polar surface area (TPSA) is 43.8 Å². The Morgan fingerprint density at radius 1 is 1.42 bits per heavy atom. The van der Waals surface area contributed by atoms with Gasteiger partial charge in [-0.2, -0.15) is 5.10 Å². The third-order valence-electron chi connectivity index (χ3n) is 3.18. The van der Waals surface area contributed by atoms with E-state index >= 15 is 0 Å². The highest BCUT2D eigenvalue weighted by Crippen LogP contribution is 2.27. The monoisotopic (exact) mass is 335 g/mol. The van der Waals surface area contributed by atoms with Gasteiger partial charge in [-0.3, -0.25) is 4.68 Å². The number of para-hydroxylation sites is 1. The van der Waals surface area contributed by atoms with Gasteiger partial charge in [0.25, 0.3) is 0 Å². The average Bonchev–Trinajstić information content (AvgIpc) is 2.95. The lowest BCUT2D eigenvalue weighted by molar-refractivity contribution is 0.670. The van der Waals surface area contributed by atoms with Crippen LogP contribution in [0.25, 0.3) is 10.9 Å². The van der Waals surface area contributed by atoms with Crippen LogP contribution in [0.4, 0.5) is 0 Å². The molecule has 0 spiro atoms. The van der Waals surface area contributed by atoms with E-state index in [1.807, 2.05) is 23.9 Å². The molecule has 3 aromatic rings. The number of nitrogens with two attached hydrogens (primary N) is 1. The number of rotatable bonds is 3. The minimum atomic E-state index is -0.0725. The molecule has 1 unspecified atom stereocenters. The molecule has 3 nitrogen and oxygen atoms in total. The van der Waals surface area contributed by atoms with E-state index in [-0.39, 0.29) is 6.04 Å². The van der Waals surface area contributed by atoms with E-state index in [1.165, 1.54) is 4.88 Å². The molecule has 5 heteroatoms. The lowest BCUT2D eigenvalue weighted by atomic mass is 10.1. The van der Waals surface area contributed by atoms with Crippen LogP contribution in [0, 0.1) is 0 Å². The number of thiophene rings is 1. The molecule has 0 fully saturated rings. The predicted molar refractivity (Wildman–Crippen MR) is 83.4 cm³/mol. The maximum Gasteiger partial charge on any atom is 0.0874 e. The molecule has 1 atom stereocenters. The second-order valence-corrected chi connectivity index (χ2v) is 6.48. The number of hydrogen-bond donors (Lipinski definition) is 1. The second kappa shape index (κ2) is 5.07. The van der Waals surface area contributed by atoms with Crippen molar-refractivity contribution in [2.24, 2.45) is 12.8 Å². The molecule has 0 saturated heterocycles. The molecule has 3 rings (SSSR count). The molecular weight excluding hydrogens is 322 g/mol. The van der Waals surface area contributed by atoms with Crippen LogP contribution < -0.4 is 5.73 Å². The minimum absolute atomic E-state index is 0.0725. The number of nitrogens with zero attached hydrogens (tertiary/aromatic N) is 2. The van der Waals surface area contributed by atoms with Crippen molar-refractivity contribution in [3.8, 4) is 0 Å². The second-order valence-electron chi connectivity index (χ2n) is 4.57. The smallest absolute Gasteiger partial charge is 0.0874 e. The SMILES string of the molecule is Cn1nc(C(N)Cc2cc(Br)cs2)c2ccccc21. The fourth-order valence-corrected chi connectivity index (χ4v) is 3.80. The van der Waals surface area contributed by atoms with E-state index in [1.54, 1.807) is 11.3 Å². The standard InChI is InChI=1S/C14H14BrN3S/c1-18-13-5-3-2-4-11(13)14(17-18)12(16)7-10-6-9(15)8-19-10/h2-6,8,12H,7,16H2,1H3. The Kier molecular flexibility index (Phi) is 3.43. The van der Waals surface area contributed by atoms with Gasteiger partial charge in [0.05, 0.1) is 17.3 Å². The van der Waals surface area contributed by atoms with Gasteiger partial charge >= 0.3 is 0 Å². The summed E-state index contributed by atoms with van der Waals surface area (Å²) in [5.41, 5.74) is 8.43. The fraction of sp³-hybridized carbons (Fsp3) is 0.214. The summed E-state index contributed by atoms with van der Waals surface area (Å²) in [7, 11) is 1.96. The van der Waals surface area contributed by atoms with Gasteiger partial charge in [-0.15, -0.1) is 11.3 Å². The summed E-state index contributed by atoms with van der Waals surface area (Å²) in [6, 6.07) is 10.3. The summed E-state index contributed by atoms with van der Waals surface area (Å²) in [4.78, 5) is 1.27. The zero-order valence-electron chi connectivity index (χ0n) is 10.5. The first kappa shape index (κ1) is 12.8. The van der Waals surface area contributed by atoms with Gasteiger partial charge in [-0.05, 0) is 28.1 Å². The Balaban J connectivity index is 1.95. The first-order valence-corrected chi connectivity index (χ1v) is 7.72. The van der Waals surface area contributed by atoms with Crippen LogP contribution in [-0.2, 0) is 13.5 Å². The number of aryl methyl sites for hydroxylation is 1. The molecule has 2 N–H and O–H groups in total. The van der Waals surface area contributed by atoms with Crippen LogP contribution in [0.2, 0.25) is 0 Å². The summed E-state index contributed by atoms with van der Waals surface area (Å²) in [6.45, 7) is 0. The van der Waals surface area contributed by atoms with Crippen LogP contribution in [0.15, 0.2) is 40.2 Å². The molecular formula is C14H14BrN3S. The molecule has 98 valence electrons. The van der Waals surface area contributed by atoms with Crippen molar-refractivity contribution in [2.75, 3.05) is 0 Å². The molecule has 2 aromatic heterocycles. The van der Waals surface area contributed by atoms with Gasteiger partial charge in [0.15, 0.2) is 0 Å². The van der Waals surface area contributed by atoms with Crippen molar-refractivity contribution < 1.29 is 0 Å². The average molecular weight is 336 g/mol. The minimum Gasteiger partial charge on any atom is -0.322 e. The van der Waals surface area contributed by atoms with Crippen LogP contribution in [-0.4, -0.2) is 9.78 Å². The number of fused-ring (bicyclic) bond motifs is 1. The molecule has 19 heavy (non-hydrogen) atoms. The summed E-state index contributed by atoms with van der Waals surface area (Å²) >= 11 is 5.20. The van der Waals surface area contributed by atoms with Crippen LogP contribution in [0.3, 0.4) is 0 Å². The van der Waals surface area contributed by atoms with E-state index in [0.717, 1.165) is 27.5 Å². The molecule has 0 radical (unpaired) electrons. The van der Waals surface area contributed by atoms with E-state index in [9.17, 15) is 0 Å². The molecule has 2 heterocycles. The summed E-state index contributed by atoms with van der Waals surface area (Å²) < 4.78 is 3.01. The Morgan fingerprint density at radius 3 is 2.95 bits per heavy atom. The lowest BCUT2D eigenvalue weighted by Crippen LogP contribution is -2.14. The van der Waals surface area contributed by atoms with Crippen LogP contribution >= 0.6 is 27.3 Å². The maximum atomic E-state index is 6.33. The van der Waals surface area contributed by atoms with E-state index in [4.69, 9.17) is 5.73 Å². The Bertz CT molecular complexity index is 716. The molecule has 0 aliphatic rings. The van der Waals surface area contributed by atoms with Crippen LogP contribution in [0.1, 0.15) is 16.6 Å². The maximum absolute atomic E-state index is 6.33. The highest BCUT2D eigenvalue weighted by Gasteiger charge is 2.16. The number of benzene rings is 1. The van der Waals surface area contributed by atoms with Crippen molar-refractivity contribution in [3.63, 3.8) is 0 Å². The normalized spacial score (nSPS) is 13.0. The summed E-state index contributed by atoms with van der Waals surface area (Å²) in [5, 5.41) is 7.81. The van der Waals surface area contributed by atoms with Gasteiger partial charge < -0.3 is 5.73 Å². The zero-order valence-corrected chi connectivity index (χ0v) is 12.9. The fourth-order valence-electron chi connectivity index (χ4n) is 2.29. The lowest BCUT2D eigenvalue weighted by Gasteiger charge is -2.07. The van der Waals surface area contributed by atoms with E-state index < -0.39 is 0 Å². The van der Waals surface area contributed by atoms with Crippen molar-refractivity contribution in [2.45, 2.75) is 12.5 Å². The van der Waals surface area contributed by atoms with Gasteiger partial charge in [-0.25, -0.2) is 0 Å². The summed E-state index contributed by atoms with van der Waals surface area (Å²) in [6.07, 6.45) is 0.817. The number of aromatic nitrogens is 2. The Hall–Kier alpha value is -1.17.